The lowest BCUT2D eigenvalue weighted by Crippen LogP contribution is -2.41. The van der Waals surface area contributed by atoms with Gasteiger partial charge in [0.2, 0.25) is 0 Å². The Morgan fingerprint density at radius 3 is 1.90 bits per heavy atom. The first-order valence-electron chi connectivity index (χ1n) is 3.60. The van der Waals surface area contributed by atoms with Crippen LogP contribution in [0.5, 0.6) is 0 Å². The van der Waals surface area contributed by atoms with Crippen molar-refractivity contribution in [2.75, 3.05) is 13.1 Å². The van der Waals surface area contributed by atoms with Crippen LogP contribution in [0.3, 0.4) is 0 Å². The van der Waals surface area contributed by atoms with Crippen LogP contribution in [0.15, 0.2) is 0 Å². The van der Waals surface area contributed by atoms with Gasteiger partial charge in [-0.1, -0.05) is 13.8 Å². The minimum absolute atomic E-state index is 0. The molecule has 0 spiro atoms. The van der Waals surface area contributed by atoms with Gasteiger partial charge >= 0.3 is 0 Å². The quantitative estimate of drug-likeness (QED) is 0.549. The van der Waals surface area contributed by atoms with Crippen molar-refractivity contribution in [3.8, 4) is 0 Å². The van der Waals surface area contributed by atoms with E-state index in [0.29, 0.717) is 5.41 Å². The predicted octanol–water partition coefficient (Wildman–Crippen LogP) is 1.40. The largest absolute Gasteiger partial charge is 0.269 e. The third-order valence-corrected chi connectivity index (χ3v) is 2.15. The van der Waals surface area contributed by atoms with E-state index in [1.807, 2.05) is 5.01 Å². The fraction of sp³-hybridized carbons (Fsp3) is 1.00. The molecule has 1 aliphatic heterocycles. The Kier molecular flexibility index (Phi) is 3.63. The Bertz CT molecular complexity index is 93.8. The number of hydrogen-bond acceptors (Lipinski definition) is 2. The van der Waals surface area contributed by atoms with Crippen LogP contribution in [0.2, 0.25) is 0 Å². The van der Waals surface area contributed by atoms with Gasteiger partial charge in [-0.2, -0.15) is 0 Å². The molecule has 10 heavy (non-hydrogen) atoms. The number of rotatable bonds is 0. The average Bonchev–Trinajstić information content (AvgIpc) is 1.78. The van der Waals surface area contributed by atoms with Crippen LogP contribution in [0.4, 0.5) is 0 Å². The van der Waals surface area contributed by atoms with Crippen molar-refractivity contribution in [3.63, 3.8) is 0 Å². The standard InChI is InChI=1S/C7H16N2.ClH/c1-7(2)3-5-9(8)6-4-7;/h3-6,8H2,1-2H3;1H. The van der Waals surface area contributed by atoms with Gasteiger partial charge in [0, 0.05) is 13.1 Å². The first kappa shape index (κ1) is 10.2. The number of hydrazine groups is 1. The van der Waals surface area contributed by atoms with E-state index in [0.717, 1.165) is 13.1 Å². The highest BCUT2D eigenvalue weighted by Gasteiger charge is 2.23. The zero-order valence-electron chi connectivity index (χ0n) is 6.76. The van der Waals surface area contributed by atoms with Gasteiger partial charge in [0.1, 0.15) is 0 Å². The maximum atomic E-state index is 5.59. The minimum atomic E-state index is 0. The molecule has 0 amide bonds. The van der Waals surface area contributed by atoms with E-state index in [9.17, 15) is 0 Å². The molecule has 0 radical (unpaired) electrons. The molecule has 0 atom stereocenters. The molecule has 0 saturated carbocycles. The van der Waals surface area contributed by atoms with Crippen LogP contribution in [-0.2, 0) is 0 Å². The van der Waals surface area contributed by atoms with Crippen LogP contribution in [0.25, 0.3) is 0 Å². The van der Waals surface area contributed by atoms with Crippen molar-refractivity contribution in [2.45, 2.75) is 26.7 Å². The molecule has 1 rings (SSSR count). The van der Waals surface area contributed by atoms with Crippen LogP contribution < -0.4 is 5.84 Å². The summed E-state index contributed by atoms with van der Waals surface area (Å²) in [6, 6.07) is 0. The lowest BCUT2D eigenvalue weighted by Gasteiger charge is -2.34. The van der Waals surface area contributed by atoms with Crippen molar-refractivity contribution in [2.24, 2.45) is 11.3 Å². The average molecular weight is 165 g/mol. The van der Waals surface area contributed by atoms with Crippen LogP contribution in [-0.4, -0.2) is 18.1 Å². The summed E-state index contributed by atoms with van der Waals surface area (Å²) in [5, 5.41) is 1.91. The van der Waals surface area contributed by atoms with E-state index >= 15 is 0 Å². The SMILES string of the molecule is CC1(C)CCN(N)CC1.Cl. The summed E-state index contributed by atoms with van der Waals surface area (Å²) in [6.07, 6.45) is 2.48. The van der Waals surface area contributed by atoms with Gasteiger partial charge in [-0.15, -0.1) is 12.4 Å². The van der Waals surface area contributed by atoms with Crippen molar-refractivity contribution < 1.29 is 0 Å². The van der Waals surface area contributed by atoms with Crippen LogP contribution >= 0.6 is 12.4 Å². The number of hydrogen-bond donors (Lipinski definition) is 1. The molecule has 1 saturated heterocycles. The second kappa shape index (κ2) is 3.56. The van der Waals surface area contributed by atoms with Crippen LogP contribution in [0.1, 0.15) is 26.7 Å². The summed E-state index contributed by atoms with van der Waals surface area (Å²) in [5.74, 6) is 5.59. The normalized spacial score (nSPS) is 25.5. The molecule has 0 aromatic rings. The van der Waals surface area contributed by atoms with Gasteiger partial charge in [-0.3, -0.25) is 5.84 Å². The third kappa shape index (κ3) is 2.86. The van der Waals surface area contributed by atoms with Gasteiger partial charge in [-0.05, 0) is 18.3 Å². The lowest BCUT2D eigenvalue weighted by molar-refractivity contribution is 0.134. The Balaban J connectivity index is 0.000000810. The number of halogens is 1. The lowest BCUT2D eigenvalue weighted by atomic mass is 9.83. The molecule has 0 aromatic carbocycles. The van der Waals surface area contributed by atoms with Crippen LogP contribution in [0, 0.1) is 5.41 Å². The third-order valence-electron chi connectivity index (χ3n) is 2.15. The molecule has 2 N–H and O–H groups in total. The van der Waals surface area contributed by atoms with E-state index in [-0.39, 0.29) is 12.4 Å². The minimum Gasteiger partial charge on any atom is -0.269 e. The van der Waals surface area contributed by atoms with Gasteiger partial charge in [0.05, 0.1) is 0 Å². The van der Waals surface area contributed by atoms with Crippen molar-refractivity contribution >= 4 is 12.4 Å². The van der Waals surface area contributed by atoms with Gasteiger partial charge in [-0.25, -0.2) is 5.01 Å². The summed E-state index contributed by atoms with van der Waals surface area (Å²) in [6.45, 7) is 6.74. The topological polar surface area (TPSA) is 29.3 Å². The molecule has 0 bridgehead atoms. The van der Waals surface area contributed by atoms with Crippen molar-refractivity contribution in [3.05, 3.63) is 0 Å². The molecule has 2 nitrogen and oxygen atoms in total. The first-order chi connectivity index (χ1) is 4.10. The van der Waals surface area contributed by atoms with Gasteiger partial charge in [0.25, 0.3) is 0 Å². The van der Waals surface area contributed by atoms with E-state index < -0.39 is 0 Å². The van der Waals surface area contributed by atoms with E-state index in [1.54, 1.807) is 0 Å². The molecule has 1 heterocycles. The van der Waals surface area contributed by atoms with E-state index in [4.69, 9.17) is 5.84 Å². The highest BCUT2D eigenvalue weighted by molar-refractivity contribution is 5.85. The Morgan fingerprint density at radius 1 is 1.20 bits per heavy atom. The maximum Gasteiger partial charge on any atom is 0.0133 e. The zero-order chi connectivity index (χ0) is 6.91. The molecular weight excluding hydrogens is 148 g/mol. The summed E-state index contributed by atoms with van der Waals surface area (Å²) in [7, 11) is 0. The molecule has 0 aromatic heterocycles. The highest BCUT2D eigenvalue weighted by atomic mass is 35.5. The fourth-order valence-electron chi connectivity index (χ4n) is 1.13. The zero-order valence-corrected chi connectivity index (χ0v) is 7.58. The summed E-state index contributed by atoms with van der Waals surface area (Å²) in [4.78, 5) is 0. The van der Waals surface area contributed by atoms with Gasteiger partial charge < -0.3 is 0 Å². The van der Waals surface area contributed by atoms with Gasteiger partial charge in [0.15, 0.2) is 0 Å². The molecule has 1 fully saturated rings. The fourth-order valence-corrected chi connectivity index (χ4v) is 1.13. The van der Waals surface area contributed by atoms with E-state index in [2.05, 4.69) is 13.8 Å². The number of nitrogens with two attached hydrogens (primary N) is 1. The molecule has 0 unspecified atom stereocenters. The van der Waals surface area contributed by atoms with Crippen molar-refractivity contribution in [1.82, 2.24) is 5.01 Å². The first-order valence-corrected chi connectivity index (χ1v) is 3.60. The Labute approximate surface area is 69.1 Å². The number of piperidine rings is 1. The summed E-state index contributed by atoms with van der Waals surface area (Å²) >= 11 is 0. The Hall–Kier alpha value is 0.210. The molecular formula is C7H17ClN2. The molecule has 1 aliphatic rings. The molecule has 3 heteroatoms. The predicted molar refractivity (Wildman–Crippen MR) is 46.0 cm³/mol. The summed E-state index contributed by atoms with van der Waals surface area (Å²) < 4.78 is 0. The monoisotopic (exact) mass is 164 g/mol. The number of nitrogens with zero attached hydrogens (tertiary/aromatic N) is 1. The van der Waals surface area contributed by atoms with E-state index in [1.165, 1.54) is 12.8 Å². The second-order valence-electron chi connectivity index (χ2n) is 3.70. The molecule has 0 aliphatic carbocycles. The smallest absolute Gasteiger partial charge is 0.0133 e. The Morgan fingerprint density at radius 2 is 1.60 bits per heavy atom. The summed E-state index contributed by atoms with van der Waals surface area (Å²) in [5.41, 5.74) is 0.538. The van der Waals surface area contributed by atoms with Crippen molar-refractivity contribution in [1.29, 1.82) is 0 Å². The molecule has 62 valence electrons. The highest BCUT2D eigenvalue weighted by Crippen LogP contribution is 2.28. The second-order valence-corrected chi connectivity index (χ2v) is 3.70. The maximum absolute atomic E-state index is 5.59.